The Morgan fingerprint density at radius 3 is 2.58 bits per heavy atom. The molecule has 31 heavy (non-hydrogen) atoms. The van der Waals surface area contributed by atoms with Crippen LogP contribution in [-0.2, 0) is 9.63 Å². The van der Waals surface area contributed by atoms with Crippen molar-refractivity contribution in [2.75, 3.05) is 17.7 Å². The first-order valence-electron chi connectivity index (χ1n) is 9.59. The molecule has 1 saturated carbocycles. The van der Waals surface area contributed by atoms with Crippen molar-refractivity contribution in [1.82, 2.24) is 15.5 Å². The Balaban J connectivity index is 1.91. The van der Waals surface area contributed by atoms with E-state index >= 15 is 0 Å². The van der Waals surface area contributed by atoms with E-state index < -0.39 is 11.9 Å². The largest absolute Gasteiger partial charge is 0.385 e. The fourth-order valence-corrected chi connectivity index (χ4v) is 2.71. The third-order valence-electron chi connectivity index (χ3n) is 4.53. The molecule has 11 heteroatoms. The van der Waals surface area contributed by atoms with Gasteiger partial charge >= 0.3 is 5.97 Å². The van der Waals surface area contributed by atoms with E-state index in [1.807, 2.05) is 0 Å². The summed E-state index contributed by atoms with van der Waals surface area (Å²) in [5.74, 6) is -0.961. The first-order chi connectivity index (χ1) is 14.8. The summed E-state index contributed by atoms with van der Waals surface area (Å²) in [4.78, 5) is 41.4. The molecule has 0 bridgehead atoms. The van der Waals surface area contributed by atoms with Crippen molar-refractivity contribution in [3.63, 3.8) is 0 Å². The zero-order valence-electron chi connectivity index (χ0n) is 17.4. The number of rotatable bonds is 7. The summed E-state index contributed by atoms with van der Waals surface area (Å²) in [5, 5.41) is 19.6. The molecular weight excluding hydrogens is 402 g/mol. The molecule has 0 spiro atoms. The molecule has 1 fully saturated rings. The highest BCUT2D eigenvalue weighted by Gasteiger charge is 2.30. The summed E-state index contributed by atoms with van der Waals surface area (Å²) in [6.07, 6.45) is 1.69. The van der Waals surface area contributed by atoms with E-state index in [4.69, 9.17) is 10.6 Å². The van der Waals surface area contributed by atoms with Crippen molar-refractivity contribution in [3.05, 3.63) is 41.1 Å². The lowest BCUT2D eigenvalue weighted by Crippen LogP contribution is -2.22. The highest BCUT2D eigenvalue weighted by molar-refractivity contribution is 6.00. The van der Waals surface area contributed by atoms with Gasteiger partial charge in [-0.2, -0.15) is 0 Å². The molecule has 1 heterocycles. The number of nitrogens with one attached hydrogen (secondary N) is 3. The lowest BCUT2D eigenvalue weighted by molar-refractivity contribution is -0.117. The average Bonchev–Trinajstić information content (AvgIpc) is 3.58. The van der Waals surface area contributed by atoms with Crippen LogP contribution in [0.1, 0.15) is 46.2 Å². The summed E-state index contributed by atoms with van der Waals surface area (Å²) in [6, 6.07) is 6.47. The topological polar surface area (TPSA) is 161 Å². The Kier molecular flexibility index (Phi) is 6.43. The number of anilines is 3. The third-order valence-corrected chi connectivity index (χ3v) is 4.53. The standard InChI is InChI=1S/C20H23N7O4/c1-10-13(20(30)31-27-11(2)21)5-4-6-14(10)23-15-9-16(24-18(28)12-7-8-12)25-26-17(15)19(29)22-3/h4-6,9,12H,7-8H2,1-3H3,(H2,21,27)(H,22,29)(H2,23,24,25,28). The quantitative estimate of drug-likeness (QED) is 0.225. The monoisotopic (exact) mass is 425 g/mol. The van der Waals surface area contributed by atoms with E-state index in [0.717, 1.165) is 12.8 Å². The van der Waals surface area contributed by atoms with Gasteiger partial charge in [-0.3, -0.25) is 9.59 Å². The Bertz CT molecular complexity index is 1060. The first-order valence-corrected chi connectivity index (χ1v) is 9.59. The molecule has 1 aromatic carbocycles. The molecule has 1 aromatic heterocycles. The number of oxime groups is 1. The summed E-state index contributed by atoms with van der Waals surface area (Å²) in [5.41, 5.74) is 7.09. The predicted molar refractivity (Wildman–Crippen MR) is 114 cm³/mol. The number of hydrogen-bond acceptors (Lipinski definition) is 8. The summed E-state index contributed by atoms with van der Waals surface area (Å²) in [7, 11) is 1.47. The fraction of sp³-hybridized carbons (Fsp3) is 0.300. The number of nitrogens with zero attached hydrogens (tertiary/aromatic N) is 3. The molecule has 1 aliphatic rings. The number of hydrogen-bond donors (Lipinski definition) is 4. The van der Waals surface area contributed by atoms with E-state index in [9.17, 15) is 14.4 Å². The van der Waals surface area contributed by atoms with E-state index in [2.05, 4.69) is 31.3 Å². The van der Waals surface area contributed by atoms with Gasteiger partial charge in [-0.15, -0.1) is 10.2 Å². The molecule has 1 aliphatic carbocycles. The summed E-state index contributed by atoms with van der Waals surface area (Å²) < 4.78 is 0. The third kappa shape index (κ3) is 5.32. The number of carbonyl (C=O) groups excluding carboxylic acids is 3. The zero-order chi connectivity index (χ0) is 22.5. The number of benzene rings is 1. The molecule has 0 atom stereocenters. The van der Waals surface area contributed by atoms with Gasteiger partial charge in [0.15, 0.2) is 11.5 Å². The van der Waals surface area contributed by atoms with Crippen LogP contribution in [-0.4, -0.2) is 40.9 Å². The summed E-state index contributed by atoms with van der Waals surface area (Å²) in [6.45, 7) is 3.20. The number of nitrogens with two attached hydrogens (primary N) is 1. The molecule has 2 aromatic rings. The van der Waals surface area contributed by atoms with Gasteiger partial charge in [-0.05, 0) is 44.4 Å². The molecule has 0 aliphatic heterocycles. The lowest BCUT2D eigenvalue weighted by Gasteiger charge is -2.15. The fourth-order valence-electron chi connectivity index (χ4n) is 2.71. The SMILES string of the molecule is CNC(=O)c1nnc(NC(=O)C2CC2)cc1Nc1cccc(C(=O)O/N=C(/C)N)c1C. The molecule has 0 saturated heterocycles. The molecule has 0 unspecified atom stereocenters. The average molecular weight is 425 g/mol. The minimum absolute atomic E-state index is 0.0124. The van der Waals surface area contributed by atoms with Gasteiger partial charge in [0, 0.05) is 24.7 Å². The van der Waals surface area contributed by atoms with Crippen LogP contribution < -0.4 is 21.7 Å². The second kappa shape index (κ2) is 9.20. The highest BCUT2D eigenvalue weighted by Crippen LogP contribution is 2.31. The molecule has 3 rings (SSSR count). The maximum absolute atomic E-state index is 12.3. The second-order valence-electron chi connectivity index (χ2n) is 7.05. The van der Waals surface area contributed by atoms with Gasteiger partial charge < -0.3 is 26.5 Å². The first kappa shape index (κ1) is 21.7. The van der Waals surface area contributed by atoms with Gasteiger partial charge in [-0.1, -0.05) is 11.2 Å². The van der Waals surface area contributed by atoms with Crippen molar-refractivity contribution < 1.29 is 19.2 Å². The van der Waals surface area contributed by atoms with Gasteiger partial charge in [0.2, 0.25) is 5.91 Å². The van der Waals surface area contributed by atoms with Gasteiger partial charge in [-0.25, -0.2) is 4.79 Å². The van der Waals surface area contributed by atoms with Gasteiger partial charge in [0.1, 0.15) is 5.84 Å². The van der Waals surface area contributed by atoms with Crippen molar-refractivity contribution in [2.24, 2.45) is 16.8 Å². The molecular formula is C20H23N7O4. The van der Waals surface area contributed by atoms with Crippen LogP contribution in [0.15, 0.2) is 29.4 Å². The Morgan fingerprint density at radius 2 is 1.94 bits per heavy atom. The highest BCUT2D eigenvalue weighted by atomic mass is 16.7. The van der Waals surface area contributed by atoms with E-state index in [-0.39, 0.29) is 34.7 Å². The lowest BCUT2D eigenvalue weighted by atomic mass is 10.1. The number of aromatic nitrogens is 2. The normalized spacial score (nSPS) is 13.3. The molecule has 0 radical (unpaired) electrons. The van der Waals surface area contributed by atoms with Crippen molar-refractivity contribution >= 4 is 40.8 Å². The van der Waals surface area contributed by atoms with Crippen LogP contribution in [0.25, 0.3) is 0 Å². The zero-order valence-corrected chi connectivity index (χ0v) is 17.4. The number of carbonyl (C=O) groups is 3. The predicted octanol–water partition coefficient (Wildman–Crippen LogP) is 1.69. The van der Waals surface area contributed by atoms with Crippen LogP contribution in [0.4, 0.5) is 17.2 Å². The Labute approximate surface area is 178 Å². The number of amides is 2. The minimum atomic E-state index is -0.678. The minimum Gasteiger partial charge on any atom is -0.385 e. The van der Waals surface area contributed by atoms with Gasteiger partial charge in [0.05, 0.1) is 11.3 Å². The van der Waals surface area contributed by atoms with Crippen LogP contribution >= 0.6 is 0 Å². The van der Waals surface area contributed by atoms with Crippen LogP contribution in [0.5, 0.6) is 0 Å². The summed E-state index contributed by atoms with van der Waals surface area (Å²) >= 11 is 0. The van der Waals surface area contributed by atoms with E-state index in [1.165, 1.54) is 20.0 Å². The van der Waals surface area contributed by atoms with Crippen molar-refractivity contribution in [1.29, 1.82) is 0 Å². The Morgan fingerprint density at radius 1 is 1.19 bits per heavy atom. The molecule has 5 N–H and O–H groups in total. The van der Waals surface area contributed by atoms with Crippen LogP contribution in [0, 0.1) is 12.8 Å². The smallest absolute Gasteiger partial charge is 0.366 e. The van der Waals surface area contributed by atoms with E-state index in [0.29, 0.717) is 16.9 Å². The maximum Gasteiger partial charge on any atom is 0.366 e. The molecule has 11 nitrogen and oxygen atoms in total. The van der Waals surface area contributed by atoms with E-state index in [1.54, 1.807) is 25.1 Å². The second-order valence-corrected chi connectivity index (χ2v) is 7.05. The maximum atomic E-state index is 12.3. The number of amidine groups is 1. The molecule has 2 amide bonds. The van der Waals surface area contributed by atoms with Crippen molar-refractivity contribution in [3.8, 4) is 0 Å². The van der Waals surface area contributed by atoms with Crippen molar-refractivity contribution in [2.45, 2.75) is 26.7 Å². The van der Waals surface area contributed by atoms with Crippen LogP contribution in [0.2, 0.25) is 0 Å². The van der Waals surface area contributed by atoms with Gasteiger partial charge in [0.25, 0.3) is 5.91 Å². The van der Waals surface area contributed by atoms with Crippen LogP contribution in [0.3, 0.4) is 0 Å². The Hall–Kier alpha value is -4.02. The molecule has 162 valence electrons.